The zero-order chi connectivity index (χ0) is 20.8. The summed E-state index contributed by atoms with van der Waals surface area (Å²) in [6.45, 7) is 3.08. The molecule has 4 rings (SSSR count). The zero-order valence-corrected chi connectivity index (χ0v) is 17.3. The quantitative estimate of drug-likeness (QED) is 0.632. The number of carbonyl (C=O) groups excluding carboxylic acids is 1. The van der Waals surface area contributed by atoms with Gasteiger partial charge in [-0.25, -0.2) is 4.98 Å². The SMILES string of the molecule is COc1ccc(NC(=O)c2ccc(-c3ccccc3)c(CN3CCCCC3)c2)cn1. The first-order valence-electron chi connectivity index (χ1n) is 10.4. The van der Waals surface area contributed by atoms with Crippen molar-refractivity contribution in [2.75, 3.05) is 25.5 Å². The smallest absolute Gasteiger partial charge is 0.255 e. The minimum atomic E-state index is -0.138. The predicted molar refractivity (Wildman–Crippen MR) is 120 cm³/mol. The van der Waals surface area contributed by atoms with Crippen LogP contribution in [0.2, 0.25) is 0 Å². The average Bonchev–Trinajstić information content (AvgIpc) is 2.81. The Labute approximate surface area is 177 Å². The molecule has 5 heteroatoms. The van der Waals surface area contributed by atoms with Gasteiger partial charge in [0.1, 0.15) is 0 Å². The van der Waals surface area contributed by atoms with E-state index >= 15 is 0 Å². The molecule has 1 amide bonds. The van der Waals surface area contributed by atoms with Crippen LogP contribution < -0.4 is 10.1 Å². The van der Waals surface area contributed by atoms with E-state index in [0.29, 0.717) is 17.1 Å². The zero-order valence-electron chi connectivity index (χ0n) is 17.3. The summed E-state index contributed by atoms with van der Waals surface area (Å²) in [5, 5.41) is 2.93. The van der Waals surface area contributed by atoms with Gasteiger partial charge in [-0.15, -0.1) is 0 Å². The second-order valence-electron chi connectivity index (χ2n) is 7.62. The van der Waals surface area contributed by atoms with Gasteiger partial charge in [-0.05, 0) is 60.8 Å². The second kappa shape index (κ2) is 9.55. The van der Waals surface area contributed by atoms with E-state index < -0.39 is 0 Å². The lowest BCUT2D eigenvalue weighted by molar-refractivity contribution is 0.102. The summed E-state index contributed by atoms with van der Waals surface area (Å²) in [6.07, 6.45) is 5.39. The third-order valence-corrected chi connectivity index (χ3v) is 5.50. The largest absolute Gasteiger partial charge is 0.481 e. The third-order valence-electron chi connectivity index (χ3n) is 5.50. The maximum atomic E-state index is 12.9. The van der Waals surface area contributed by atoms with Gasteiger partial charge < -0.3 is 10.1 Å². The van der Waals surface area contributed by atoms with E-state index in [4.69, 9.17) is 4.74 Å². The van der Waals surface area contributed by atoms with Crippen LogP contribution in [0.1, 0.15) is 35.2 Å². The number of hydrogen-bond donors (Lipinski definition) is 1. The van der Waals surface area contributed by atoms with Crippen LogP contribution in [0.25, 0.3) is 11.1 Å². The minimum absolute atomic E-state index is 0.138. The van der Waals surface area contributed by atoms with E-state index in [1.807, 2.05) is 18.2 Å². The van der Waals surface area contributed by atoms with Gasteiger partial charge in [0.05, 0.1) is 19.0 Å². The number of pyridine rings is 1. The number of carbonyl (C=O) groups is 1. The molecule has 0 unspecified atom stereocenters. The van der Waals surface area contributed by atoms with Crippen molar-refractivity contribution >= 4 is 11.6 Å². The van der Waals surface area contributed by atoms with Crippen molar-refractivity contribution < 1.29 is 9.53 Å². The van der Waals surface area contributed by atoms with Crippen molar-refractivity contribution in [3.8, 4) is 17.0 Å². The maximum Gasteiger partial charge on any atom is 0.255 e. The van der Waals surface area contributed by atoms with E-state index in [9.17, 15) is 4.79 Å². The van der Waals surface area contributed by atoms with Crippen LogP contribution in [0.3, 0.4) is 0 Å². The molecule has 1 aliphatic rings. The van der Waals surface area contributed by atoms with Gasteiger partial charge in [-0.1, -0.05) is 42.8 Å². The number of anilines is 1. The molecule has 0 aliphatic carbocycles. The van der Waals surface area contributed by atoms with Crippen LogP contribution >= 0.6 is 0 Å². The van der Waals surface area contributed by atoms with Crippen molar-refractivity contribution in [2.24, 2.45) is 0 Å². The van der Waals surface area contributed by atoms with Gasteiger partial charge in [0.25, 0.3) is 5.91 Å². The summed E-state index contributed by atoms with van der Waals surface area (Å²) in [5.74, 6) is 0.380. The van der Waals surface area contributed by atoms with E-state index in [0.717, 1.165) is 19.6 Å². The van der Waals surface area contributed by atoms with E-state index in [2.05, 4.69) is 45.5 Å². The Kier molecular flexibility index (Phi) is 6.40. The van der Waals surface area contributed by atoms with Crippen LogP contribution in [0.4, 0.5) is 5.69 Å². The first-order chi connectivity index (χ1) is 14.7. The summed E-state index contributed by atoms with van der Waals surface area (Å²) < 4.78 is 5.07. The molecular weight excluding hydrogens is 374 g/mol. The van der Waals surface area contributed by atoms with Crippen molar-refractivity contribution in [3.63, 3.8) is 0 Å². The number of hydrogen-bond acceptors (Lipinski definition) is 4. The van der Waals surface area contributed by atoms with Gasteiger partial charge in [0.15, 0.2) is 0 Å². The molecule has 1 saturated heterocycles. The molecule has 1 N–H and O–H groups in total. The number of rotatable bonds is 6. The Bertz CT molecular complexity index is 981. The lowest BCUT2D eigenvalue weighted by atomic mass is 9.96. The molecule has 0 atom stereocenters. The highest BCUT2D eigenvalue weighted by molar-refractivity contribution is 6.04. The summed E-state index contributed by atoms with van der Waals surface area (Å²) in [4.78, 5) is 19.5. The van der Waals surface area contributed by atoms with Crippen molar-refractivity contribution in [3.05, 3.63) is 78.0 Å². The fraction of sp³-hybridized carbons (Fsp3) is 0.280. The molecule has 2 heterocycles. The minimum Gasteiger partial charge on any atom is -0.481 e. The van der Waals surface area contributed by atoms with Gasteiger partial charge in [-0.3, -0.25) is 9.69 Å². The van der Waals surface area contributed by atoms with Gasteiger partial charge in [0.2, 0.25) is 5.88 Å². The molecule has 0 radical (unpaired) electrons. The number of benzene rings is 2. The number of ether oxygens (including phenoxy) is 1. The van der Waals surface area contributed by atoms with Gasteiger partial charge >= 0.3 is 0 Å². The number of piperidine rings is 1. The second-order valence-corrected chi connectivity index (χ2v) is 7.62. The summed E-state index contributed by atoms with van der Waals surface area (Å²) in [5.41, 5.74) is 4.84. The Morgan fingerprint density at radius 2 is 1.83 bits per heavy atom. The van der Waals surface area contributed by atoms with Crippen LogP contribution in [-0.2, 0) is 6.54 Å². The molecule has 30 heavy (non-hydrogen) atoms. The molecule has 1 fully saturated rings. The molecule has 0 bridgehead atoms. The highest BCUT2D eigenvalue weighted by Crippen LogP contribution is 2.27. The highest BCUT2D eigenvalue weighted by atomic mass is 16.5. The maximum absolute atomic E-state index is 12.9. The molecule has 1 aromatic heterocycles. The number of aromatic nitrogens is 1. The molecule has 1 aliphatic heterocycles. The fourth-order valence-electron chi connectivity index (χ4n) is 3.90. The van der Waals surface area contributed by atoms with Gasteiger partial charge in [-0.2, -0.15) is 0 Å². The highest BCUT2D eigenvalue weighted by Gasteiger charge is 2.16. The van der Waals surface area contributed by atoms with Crippen LogP contribution in [0.5, 0.6) is 5.88 Å². The first kappa shape index (κ1) is 20.1. The first-order valence-corrected chi connectivity index (χ1v) is 10.4. The Balaban J connectivity index is 1.59. The summed E-state index contributed by atoms with van der Waals surface area (Å²) in [7, 11) is 1.57. The number of likely N-dealkylation sites (tertiary alicyclic amines) is 1. The Hall–Kier alpha value is -3.18. The Morgan fingerprint density at radius 3 is 2.53 bits per heavy atom. The number of amides is 1. The van der Waals surface area contributed by atoms with Crippen molar-refractivity contribution in [1.82, 2.24) is 9.88 Å². The van der Waals surface area contributed by atoms with E-state index in [-0.39, 0.29) is 5.91 Å². The van der Waals surface area contributed by atoms with Gasteiger partial charge in [0, 0.05) is 18.2 Å². The molecule has 3 aromatic rings. The molecule has 2 aromatic carbocycles. The molecule has 0 saturated carbocycles. The molecule has 0 spiro atoms. The monoisotopic (exact) mass is 401 g/mol. The normalized spacial score (nSPS) is 14.3. The molecule has 5 nitrogen and oxygen atoms in total. The molecular formula is C25H27N3O2. The standard InChI is InChI=1S/C25H27N3O2/c1-30-24-13-11-22(17-26-24)27-25(29)20-10-12-23(19-8-4-2-5-9-19)21(16-20)18-28-14-6-3-7-15-28/h2,4-5,8-13,16-17H,3,6-7,14-15,18H2,1H3,(H,27,29). The van der Waals surface area contributed by atoms with Crippen molar-refractivity contribution in [1.29, 1.82) is 0 Å². The van der Waals surface area contributed by atoms with E-state index in [1.54, 1.807) is 25.4 Å². The summed E-state index contributed by atoms with van der Waals surface area (Å²) in [6, 6.07) is 19.9. The number of nitrogens with one attached hydrogen (secondary N) is 1. The number of nitrogens with zero attached hydrogens (tertiary/aromatic N) is 2. The number of methoxy groups -OCH3 is 1. The predicted octanol–water partition coefficient (Wildman–Crippen LogP) is 5.00. The third kappa shape index (κ3) is 4.86. The Morgan fingerprint density at radius 1 is 1.03 bits per heavy atom. The lowest BCUT2D eigenvalue weighted by Gasteiger charge is -2.27. The fourth-order valence-corrected chi connectivity index (χ4v) is 3.90. The lowest BCUT2D eigenvalue weighted by Crippen LogP contribution is -2.29. The summed E-state index contributed by atoms with van der Waals surface area (Å²) >= 11 is 0. The topological polar surface area (TPSA) is 54.5 Å². The van der Waals surface area contributed by atoms with Crippen LogP contribution in [0, 0.1) is 0 Å². The molecule has 154 valence electrons. The average molecular weight is 402 g/mol. The van der Waals surface area contributed by atoms with E-state index in [1.165, 1.54) is 36.0 Å². The van der Waals surface area contributed by atoms with Crippen molar-refractivity contribution in [2.45, 2.75) is 25.8 Å². The van der Waals surface area contributed by atoms with Crippen LogP contribution in [-0.4, -0.2) is 36.0 Å². The van der Waals surface area contributed by atoms with Crippen LogP contribution in [0.15, 0.2) is 66.9 Å².